The maximum atomic E-state index is 10.5. The largest absolute Gasteiger partial charge is 0.507 e. The van der Waals surface area contributed by atoms with Crippen molar-refractivity contribution in [2.75, 3.05) is 6.54 Å². The summed E-state index contributed by atoms with van der Waals surface area (Å²) in [5, 5.41) is 29.4. The SMILES string of the molecule is CCN[C@@]1(C)CCCC[C@H](Oc2ccc(-c3ccc(-c4cn[nH]c4)cc3O)nn2)C1. The molecule has 7 nitrogen and oxygen atoms in total. The standard InChI is InChI=1S/C23H29N5O2/c1-3-24-23(2)11-5-4-6-18(13-23)30-22-10-9-20(27-28-22)19-8-7-16(12-21(19)29)17-14-25-26-15-17/h7-10,12,14-15,18,24,29H,3-6,11,13H2,1-2H3,(H,25,26)/t18-,23-/m0/s1. The molecule has 1 fully saturated rings. The molecule has 1 aromatic carbocycles. The molecule has 0 aliphatic heterocycles. The van der Waals surface area contributed by atoms with Gasteiger partial charge < -0.3 is 15.2 Å². The Morgan fingerprint density at radius 2 is 2.10 bits per heavy atom. The number of phenolic OH excluding ortho intramolecular Hbond substituents is 1. The fourth-order valence-corrected chi connectivity index (χ4v) is 4.32. The number of hydrogen-bond acceptors (Lipinski definition) is 6. The number of nitrogens with zero attached hydrogens (tertiary/aromatic N) is 3. The van der Waals surface area contributed by atoms with Crippen molar-refractivity contribution in [3.63, 3.8) is 0 Å². The minimum Gasteiger partial charge on any atom is -0.507 e. The van der Waals surface area contributed by atoms with Gasteiger partial charge in [-0.1, -0.05) is 19.4 Å². The third-order valence-corrected chi connectivity index (χ3v) is 5.82. The van der Waals surface area contributed by atoms with Gasteiger partial charge in [0, 0.05) is 35.3 Å². The minimum atomic E-state index is 0.103. The molecule has 30 heavy (non-hydrogen) atoms. The summed E-state index contributed by atoms with van der Waals surface area (Å²) in [6, 6.07) is 9.16. The minimum absolute atomic E-state index is 0.103. The molecule has 0 bridgehead atoms. The molecule has 2 atom stereocenters. The predicted octanol–water partition coefficient (Wildman–Crippen LogP) is 4.32. The van der Waals surface area contributed by atoms with E-state index < -0.39 is 0 Å². The van der Waals surface area contributed by atoms with Crippen LogP contribution < -0.4 is 10.1 Å². The highest BCUT2D eigenvalue weighted by molar-refractivity contribution is 5.73. The van der Waals surface area contributed by atoms with Crippen LogP contribution in [-0.4, -0.2) is 43.7 Å². The number of aromatic amines is 1. The second-order valence-corrected chi connectivity index (χ2v) is 8.26. The Bertz CT molecular complexity index is 958. The van der Waals surface area contributed by atoms with Gasteiger partial charge in [-0.15, -0.1) is 10.2 Å². The first-order valence-electron chi connectivity index (χ1n) is 10.6. The van der Waals surface area contributed by atoms with Crippen molar-refractivity contribution in [1.29, 1.82) is 0 Å². The van der Waals surface area contributed by atoms with Gasteiger partial charge in [-0.05, 0) is 56.5 Å². The normalized spacial score (nSPS) is 21.9. The van der Waals surface area contributed by atoms with Crippen LogP contribution in [0, 0.1) is 0 Å². The lowest BCUT2D eigenvalue weighted by atomic mass is 9.91. The van der Waals surface area contributed by atoms with Crippen molar-refractivity contribution < 1.29 is 9.84 Å². The highest BCUT2D eigenvalue weighted by Crippen LogP contribution is 2.33. The number of nitrogens with one attached hydrogen (secondary N) is 2. The van der Waals surface area contributed by atoms with Crippen molar-refractivity contribution in [3.05, 3.63) is 42.7 Å². The van der Waals surface area contributed by atoms with E-state index in [4.69, 9.17) is 4.74 Å². The molecule has 1 aliphatic carbocycles. The van der Waals surface area contributed by atoms with Crippen LogP contribution in [-0.2, 0) is 0 Å². The van der Waals surface area contributed by atoms with E-state index in [9.17, 15) is 5.11 Å². The lowest BCUT2D eigenvalue weighted by Gasteiger charge is -2.31. The first-order valence-corrected chi connectivity index (χ1v) is 10.6. The molecule has 3 aromatic rings. The fourth-order valence-electron chi connectivity index (χ4n) is 4.32. The molecule has 158 valence electrons. The molecule has 0 amide bonds. The van der Waals surface area contributed by atoms with E-state index in [-0.39, 0.29) is 17.4 Å². The summed E-state index contributed by atoms with van der Waals surface area (Å²) in [5.41, 5.74) is 3.15. The maximum Gasteiger partial charge on any atom is 0.233 e. The van der Waals surface area contributed by atoms with E-state index in [1.807, 2.05) is 24.3 Å². The van der Waals surface area contributed by atoms with E-state index in [1.54, 1.807) is 18.5 Å². The van der Waals surface area contributed by atoms with Crippen LogP contribution in [0.3, 0.4) is 0 Å². The highest BCUT2D eigenvalue weighted by Gasteiger charge is 2.30. The lowest BCUT2D eigenvalue weighted by molar-refractivity contribution is 0.141. The Kier molecular flexibility index (Phi) is 5.99. The molecule has 3 N–H and O–H groups in total. The second-order valence-electron chi connectivity index (χ2n) is 8.26. The van der Waals surface area contributed by atoms with Gasteiger partial charge in [-0.3, -0.25) is 5.10 Å². The summed E-state index contributed by atoms with van der Waals surface area (Å²) in [6.45, 7) is 5.39. The summed E-state index contributed by atoms with van der Waals surface area (Å²) < 4.78 is 6.18. The average molecular weight is 408 g/mol. The van der Waals surface area contributed by atoms with Gasteiger partial charge in [0.2, 0.25) is 5.88 Å². The number of aromatic nitrogens is 4. The van der Waals surface area contributed by atoms with E-state index in [1.165, 1.54) is 12.8 Å². The van der Waals surface area contributed by atoms with Crippen LogP contribution in [0.25, 0.3) is 22.4 Å². The number of H-pyrrole nitrogens is 1. The molecule has 4 rings (SSSR count). The number of ether oxygens (including phenoxy) is 1. The van der Waals surface area contributed by atoms with Gasteiger partial charge in [-0.25, -0.2) is 0 Å². The van der Waals surface area contributed by atoms with Gasteiger partial charge in [0.15, 0.2) is 0 Å². The number of phenols is 1. The maximum absolute atomic E-state index is 10.5. The summed E-state index contributed by atoms with van der Waals surface area (Å²) in [7, 11) is 0. The Labute approximate surface area is 176 Å². The first-order chi connectivity index (χ1) is 14.6. The van der Waals surface area contributed by atoms with E-state index in [0.29, 0.717) is 17.1 Å². The number of rotatable bonds is 6. The topological polar surface area (TPSA) is 96.0 Å². The van der Waals surface area contributed by atoms with E-state index >= 15 is 0 Å². The lowest BCUT2D eigenvalue weighted by Crippen LogP contribution is -2.44. The summed E-state index contributed by atoms with van der Waals surface area (Å²) in [6.07, 6.45) is 9.15. The van der Waals surface area contributed by atoms with Crippen molar-refractivity contribution in [2.24, 2.45) is 0 Å². The molecule has 1 saturated carbocycles. The van der Waals surface area contributed by atoms with E-state index in [2.05, 4.69) is 39.6 Å². The molecule has 1 aliphatic rings. The van der Waals surface area contributed by atoms with Crippen molar-refractivity contribution in [3.8, 4) is 34.0 Å². The molecule has 0 unspecified atom stereocenters. The van der Waals surface area contributed by atoms with Gasteiger partial charge in [0.05, 0.1) is 11.9 Å². The van der Waals surface area contributed by atoms with Crippen LogP contribution >= 0.6 is 0 Å². The van der Waals surface area contributed by atoms with Gasteiger partial charge in [-0.2, -0.15) is 5.10 Å². The molecule has 0 saturated heterocycles. The molecule has 2 aromatic heterocycles. The Morgan fingerprint density at radius 1 is 1.20 bits per heavy atom. The van der Waals surface area contributed by atoms with Crippen LogP contribution in [0.5, 0.6) is 11.6 Å². The molecular formula is C23H29N5O2. The first kappa shape index (κ1) is 20.3. The fraction of sp³-hybridized carbons (Fsp3) is 0.435. The third-order valence-electron chi connectivity index (χ3n) is 5.82. The Hall–Kier alpha value is -2.93. The quantitative estimate of drug-likeness (QED) is 0.527. The Balaban J connectivity index is 1.46. The Morgan fingerprint density at radius 3 is 2.80 bits per heavy atom. The van der Waals surface area contributed by atoms with Crippen LogP contribution in [0.2, 0.25) is 0 Å². The zero-order valence-corrected chi connectivity index (χ0v) is 17.6. The smallest absolute Gasteiger partial charge is 0.233 e. The molecular weight excluding hydrogens is 378 g/mol. The summed E-state index contributed by atoms with van der Waals surface area (Å²) in [5.74, 6) is 0.681. The second kappa shape index (κ2) is 8.83. The van der Waals surface area contributed by atoms with Crippen molar-refractivity contribution >= 4 is 0 Å². The van der Waals surface area contributed by atoms with Gasteiger partial charge in [0.25, 0.3) is 0 Å². The third kappa shape index (κ3) is 4.62. The molecule has 0 spiro atoms. The van der Waals surface area contributed by atoms with Crippen LogP contribution in [0.1, 0.15) is 46.0 Å². The van der Waals surface area contributed by atoms with E-state index in [0.717, 1.165) is 36.9 Å². The van der Waals surface area contributed by atoms with Crippen LogP contribution in [0.15, 0.2) is 42.7 Å². The van der Waals surface area contributed by atoms with Gasteiger partial charge >= 0.3 is 0 Å². The number of aromatic hydroxyl groups is 1. The molecule has 2 heterocycles. The zero-order chi connectivity index (χ0) is 21.0. The summed E-state index contributed by atoms with van der Waals surface area (Å²) >= 11 is 0. The predicted molar refractivity (Wildman–Crippen MR) is 116 cm³/mol. The van der Waals surface area contributed by atoms with Gasteiger partial charge in [0.1, 0.15) is 11.9 Å². The van der Waals surface area contributed by atoms with Crippen molar-refractivity contribution in [2.45, 2.75) is 57.6 Å². The monoisotopic (exact) mass is 407 g/mol. The molecule has 0 radical (unpaired) electrons. The van der Waals surface area contributed by atoms with Crippen LogP contribution in [0.4, 0.5) is 0 Å². The average Bonchev–Trinajstić information content (AvgIpc) is 3.21. The number of benzene rings is 1. The molecule has 7 heteroatoms. The summed E-state index contributed by atoms with van der Waals surface area (Å²) in [4.78, 5) is 0. The number of hydrogen-bond donors (Lipinski definition) is 3. The zero-order valence-electron chi connectivity index (χ0n) is 17.6. The highest BCUT2D eigenvalue weighted by atomic mass is 16.5. The van der Waals surface area contributed by atoms with Crippen molar-refractivity contribution in [1.82, 2.24) is 25.7 Å².